The van der Waals surface area contributed by atoms with Crippen LogP contribution in [0.4, 0.5) is 0 Å². The lowest BCUT2D eigenvalue weighted by Crippen LogP contribution is -2.40. The molecule has 3 rings (SSSR count). The summed E-state index contributed by atoms with van der Waals surface area (Å²) in [5.41, 5.74) is 6.59. The Labute approximate surface area is 117 Å². The van der Waals surface area contributed by atoms with Crippen LogP contribution in [0.1, 0.15) is 69.1 Å². The van der Waals surface area contributed by atoms with Crippen molar-refractivity contribution in [3.8, 4) is 0 Å². The molecule has 0 N–H and O–H groups in total. The summed E-state index contributed by atoms with van der Waals surface area (Å²) in [6.07, 6.45) is 6.46. The predicted octanol–water partition coefficient (Wildman–Crippen LogP) is 5.37. The summed E-state index contributed by atoms with van der Waals surface area (Å²) in [6, 6.07) is 7.25. The second-order valence-electron chi connectivity index (χ2n) is 7.09. The Kier molecular flexibility index (Phi) is 3.08. The average Bonchev–Trinajstić information content (AvgIpc) is 2.38. The quantitative estimate of drug-likeness (QED) is 0.591. The van der Waals surface area contributed by atoms with E-state index < -0.39 is 0 Å². The molecule has 1 fully saturated rings. The molecule has 1 aromatic carbocycles. The van der Waals surface area contributed by atoms with E-state index in [4.69, 9.17) is 0 Å². The summed E-state index contributed by atoms with van der Waals surface area (Å²) < 4.78 is 0. The van der Waals surface area contributed by atoms with E-state index in [1.54, 1.807) is 11.1 Å². The SMILES string of the molecule is C=C1CCC[C@]2(C)c3ccc(C(C)C)cc3CCC12. The van der Waals surface area contributed by atoms with Crippen molar-refractivity contribution in [2.75, 3.05) is 0 Å². The number of fused-ring (bicyclic) bond motifs is 3. The summed E-state index contributed by atoms with van der Waals surface area (Å²) in [5, 5.41) is 0. The average molecular weight is 254 g/mol. The molecule has 2 atom stereocenters. The van der Waals surface area contributed by atoms with Gasteiger partial charge in [0.2, 0.25) is 0 Å². The second-order valence-corrected chi connectivity index (χ2v) is 7.09. The maximum absolute atomic E-state index is 4.36. The van der Waals surface area contributed by atoms with Crippen molar-refractivity contribution in [3.05, 3.63) is 47.0 Å². The summed E-state index contributed by atoms with van der Waals surface area (Å²) in [6.45, 7) is 11.4. The lowest BCUT2D eigenvalue weighted by molar-refractivity contribution is 0.235. The molecule has 0 nitrogen and oxygen atoms in total. The molecule has 102 valence electrons. The monoisotopic (exact) mass is 254 g/mol. The van der Waals surface area contributed by atoms with Crippen LogP contribution in [0.3, 0.4) is 0 Å². The Balaban J connectivity index is 2.06. The molecule has 1 unspecified atom stereocenters. The third-order valence-electron chi connectivity index (χ3n) is 5.57. The molecule has 0 amide bonds. The molecule has 1 aromatic rings. The van der Waals surface area contributed by atoms with Crippen molar-refractivity contribution < 1.29 is 0 Å². The third-order valence-corrected chi connectivity index (χ3v) is 5.57. The van der Waals surface area contributed by atoms with Gasteiger partial charge in [-0.3, -0.25) is 0 Å². The summed E-state index contributed by atoms with van der Waals surface area (Å²) in [4.78, 5) is 0. The summed E-state index contributed by atoms with van der Waals surface area (Å²) >= 11 is 0. The molecule has 1 saturated carbocycles. The van der Waals surface area contributed by atoms with Crippen LogP contribution in [0, 0.1) is 5.92 Å². The lowest BCUT2D eigenvalue weighted by atomic mass is 9.57. The highest BCUT2D eigenvalue weighted by atomic mass is 14.5. The van der Waals surface area contributed by atoms with Crippen molar-refractivity contribution in [1.82, 2.24) is 0 Å². The van der Waals surface area contributed by atoms with Gasteiger partial charge in [0.25, 0.3) is 0 Å². The molecule has 0 heteroatoms. The van der Waals surface area contributed by atoms with Crippen molar-refractivity contribution >= 4 is 0 Å². The minimum Gasteiger partial charge on any atom is -0.0995 e. The molecule has 19 heavy (non-hydrogen) atoms. The molecule has 0 aliphatic heterocycles. The van der Waals surface area contributed by atoms with E-state index >= 15 is 0 Å². The highest BCUT2D eigenvalue weighted by molar-refractivity contribution is 5.43. The zero-order valence-electron chi connectivity index (χ0n) is 12.6. The smallest absolute Gasteiger partial charge is 0.000705 e. The Bertz CT molecular complexity index is 509. The van der Waals surface area contributed by atoms with Crippen LogP contribution in [0.15, 0.2) is 30.4 Å². The maximum Gasteiger partial charge on any atom is -0.000705 e. The van der Waals surface area contributed by atoms with Crippen LogP contribution in [0.25, 0.3) is 0 Å². The Hall–Kier alpha value is -1.04. The third kappa shape index (κ3) is 1.96. The minimum absolute atomic E-state index is 0.360. The molecule has 2 aliphatic carbocycles. The first-order valence-corrected chi connectivity index (χ1v) is 7.83. The van der Waals surface area contributed by atoms with E-state index in [2.05, 4.69) is 45.5 Å². The highest BCUT2D eigenvalue weighted by Gasteiger charge is 2.43. The van der Waals surface area contributed by atoms with Gasteiger partial charge in [0.15, 0.2) is 0 Å². The van der Waals surface area contributed by atoms with Crippen molar-refractivity contribution in [3.63, 3.8) is 0 Å². The number of benzene rings is 1. The van der Waals surface area contributed by atoms with E-state index in [1.165, 1.54) is 43.2 Å². The number of allylic oxidation sites excluding steroid dienone is 1. The van der Waals surface area contributed by atoms with Crippen molar-refractivity contribution in [2.24, 2.45) is 5.92 Å². The lowest BCUT2D eigenvalue weighted by Gasteiger charge is -2.47. The summed E-state index contributed by atoms with van der Waals surface area (Å²) in [7, 11) is 0. The topological polar surface area (TPSA) is 0 Å². The zero-order valence-corrected chi connectivity index (χ0v) is 12.6. The van der Waals surface area contributed by atoms with E-state index in [0.29, 0.717) is 11.3 Å². The number of hydrogen-bond acceptors (Lipinski definition) is 0. The van der Waals surface area contributed by atoms with Crippen LogP contribution >= 0.6 is 0 Å². The van der Waals surface area contributed by atoms with Crippen molar-refractivity contribution in [2.45, 2.75) is 64.2 Å². The van der Waals surface area contributed by atoms with Crippen LogP contribution in [0.2, 0.25) is 0 Å². The van der Waals surface area contributed by atoms with Crippen LogP contribution in [-0.2, 0) is 11.8 Å². The van der Waals surface area contributed by atoms with Gasteiger partial charge >= 0.3 is 0 Å². The van der Waals surface area contributed by atoms with E-state index in [0.717, 1.165) is 5.92 Å². The number of aryl methyl sites for hydroxylation is 1. The maximum atomic E-state index is 4.36. The molecule has 0 aromatic heterocycles. The first kappa shape index (κ1) is 13.0. The number of rotatable bonds is 1. The highest BCUT2D eigenvalue weighted by Crippen LogP contribution is 2.51. The number of hydrogen-bond donors (Lipinski definition) is 0. The van der Waals surface area contributed by atoms with Gasteiger partial charge in [-0.25, -0.2) is 0 Å². The zero-order chi connectivity index (χ0) is 13.6. The molecule has 0 saturated heterocycles. The normalized spacial score (nSPS) is 30.1. The van der Waals surface area contributed by atoms with Crippen molar-refractivity contribution in [1.29, 1.82) is 0 Å². The van der Waals surface area contributed by atoms with E-state index in [9.17, 15) is 0 Å². The molecule has 0 heterocycles. The molecule has 0 bridgehead atoms. The van der Waals surface area contributed by atoms with Gasteiger partial charge in [0.1, 0.15) is 0 Å². The van der Waals surface area contributed by atoms with Crippen LogP contribution in [0.5, 0.6) is 0 Å². The Morgan fingerprint density at radius 1 is 1.26 bits per heavy atom. The molecular formula is C19H26. The second kappa shape index (κ2) is 4.51. The molecule has 2 aliphatic rings. The Morgan fingerprint density at radius 2 is 2.05 bits per heavy atom. The Morgan fingerprint density at radius 3 is 2.79 bits per heavy atom. The fourth-order valence-electron chi connectivity index (χ4n) is 4.36. The first-order chi connectivity index (χ1) is 9.02. The van der Waals surface area contributed by atoms with E-state index in [1.807, 2.05) is 0 Å². The molecule has 0 radical (unpaired) electrons. The van der Waals surface area contributed by atoms with Crippen LogP contribution in [-0.4, -0.2) is 0 Å². The van der Waals surface area contributed by atoms with Gasteiger partial charge in [0, 0.05) is 0 Å². The largest absolute Gasteiger partial charge is 0.0995 e. The fraction of sp³-hybridized carbons (Fsp3) is 0.579. The summed E-state index contributed by atoms with van der Waals surface area (Å²) in [5.74, 6) is 1.36. The van der Waals surface area contributed by atoms with Gasteiger partial charge in [-0.15, -0.1) is 0 Å². The molecule has 0 spiro atoms. The fourth-order valence-corrected chi connectivity index (χ4v) is 4.36. The first-order valence-electron chi connectivity index (χ1n) is 7.83. The molecular weight excluding hydrogens is 228 g/mol. The minimum atomic E-state index is 0.360. The van der Waals surface area contributed by atoms with Gasteiger partial charge in [-0.1, -0.05) is 51.1 Å². The van der Waals surface area contributed by atoms with E-state index in [-0.39, 0.29) is 0 Å². The van der Waals surface area contributed by atoms with Crippen LogP contribution < -0.4 is 0 Å². The van der Waals surface area contributed by atoms with Gasteiger partial charge < -0.3 is 0 Å². The van der Waals surface area contributed by atoms with Gasteiger partial charge in [-0.2, -0.15) is 0 Å². The van der Waals surface area contributed by atoms with Gasteiger partial charge in [0.05, 0.1) is 0 Å². The standard InChI is InChI=1S/C19H26/c1-13(2)15-7-10-18-16(12-15)8-9-17-14(3)6-5-11-19(17,18)4/h7,10,12-13,17H,3,5-6,8-9,11H2,1-2,4H3/t17?,19-/m0/s1. The van der Waals surface area contributed by atoms with Gasteiger partial charge in [-0.05, 0) is 66.0 Å². The predicted molar refractivity (Wildman–Crippen MR) is 82.7 cm³/mol.